The highest BCUT2D eigenvalue weighted by Crippen LogP contribution is 2.24. The molecule has 0 radical (unpaired) electrons. The van der Waals surface area contributed by atoms with Crippen LogP contribution < -0.4 is 0 Å². The number of rotatable bonds is 3. The van der Waals surface area contributed by atoms with Crippen LogP contribution in [0.3, 0.4) is 0 Å². The Kier molecular flexibility index (Phi) is 4.01. The molecule has 3 nitrogen and oxygen atoms in total. The summed E-state index contributed by atoms with van der Waals surface area (Å²) in [6.45, 7) is 3.34. The first-order valence-electron chi connectivity index (χ1n) is 4.73. The lowest BCUT2D eigenvalue weighted by Crippen LogP contribution is -2.05. The molecule has 86 valence electrons. The minimum atomic E-state index is -0.562. The van der Waals surface area contributed by atoms with E-state index in [4.69, 9.17) is 11.6 Å². The lowest BCUT2D eigenvalue weighted by molar-refractivity contribution is -0.431. The van der Waals surface area contributed by atoms with Gasteiger partial charge in [-0.25, -0.2) is 4.39 Å². The molecular formula is C11H11ClFNO2. The summed E-state index contributed by atoms with van der Waals surface area (Å²) in [5.41, 5.74) is -0.00318. The van der Waals surface area contributed by atoms with Gasteiger partial charge < -0.3 is 0 Å². The van der Waals surface area contributed by atoms with E-state index in [1.54, 1.807) is 13.8 Å². The number of nitrogens with zero attached hydrogens (tertiary/aromatic N) is 1. The zero-order valence-corrected chi connectivity index (χ0v) is 9.66. The van der Waals surface area contributed by atoms with Crippen LogP contribution in [0.15, 0.2) is 23.9 Å². The summed E-state index contributed by atoms with van der Waals surface area (Å²) in [6, 6.07) is 4.17. The Morgan fingerprint density at radius 3 is 2.62 bits per heavy atom. The molecule has 16 heavy (non-hydrogen) atoms. The van der Waals surface area contributed by atoms with Gasteiger partial charge in [0.1, 0.15) is 5.82 Å². The number of halogens is 2. The van der Waals surface area contributed by atoms with Crippen molar-refractivity contribution in [3.05, 3.63) is 50.4 Å². The quantitative estimate of drug-likeness (QED) is 0.599. The molecule has 0 unspecified atom stereocenters. The molecule has 0 spiro atoms. The Hall–Kier alpha value is -1.42. The van der Waals surface area contributed by atoms with Crippen LogP contribution in [0.4, 0.5) is 4.39 Å². The van der Waals surface area contributed by atoms with Gasteiger partial charge in [-0.3, -0.25) is 10.1 Å². The molecule has 0 aromatic heterocycles. The van der Waals surface area contributed by atoms with E-state index in [1.807, 2.05) is 0 Å². The molecule has 1 rings (SSSR count). The van der Waals surface area contributed by atoms with E-state index >= 15 is 0 Å². The maximum absolute atomic E-state index is 13.4. The number of hydrogen-bond acceptors (Lipinski definition) is 2. The van der Waals surface area contributed by atoms with E-state index in [2.05, 4.69) is 0 Å². The molecule has 0 saturated carbocycles. The van der Waals surface area contributed by atoms with Crippen LogP contribution in [0, 0.1) is 21.8 Å². The Labute approximate surface area is 97.7 Å². The van der Waals surface area contributed by atoms with Gasteiger partial charge in [-0.05, 0) is 12.1 Å². The van der Waals surface area contributed by atoms with E-state index in [9.17, 15) is 14.5 Å². The Morgan fingerprint density at radius 2 is 2.19 bits per heavy atom. The Balaban J connectivity index is 3.28. The van der Waals surface area contributed by atoms with Crippen LogP contribution >= 0.6 is 11.6 Å². The summed E-state index contributed by atoms with van der Waals surface area (Å²) in [4.78, 5) is 10.2. The average Bonchev–Trinajstić information content (AvgIpc) is 2.15. The van der Waals surface area contributed by atoms with Gasteiger partial charge in [0.2, 0.25) is 5.70 Å². The summed E-state index contributed by atoms with van der Waals surface area (Å²) in [7, 11) is 0. The van der Waals surface area contributed by atoms with Crippen LogP contribution in [0.2, 0.25) is 5.02 Å². The topological polar surface area (TPSA) is 43.1 Å². The second kappa shape index (κ2) is 5.07. The van der Waals surface area contributed by atoms with Gasteiger partial charge in [0.15, 0.2) is 0 Å². The molecule has 0 N–H and O–H groups in total. The highest BCUT2D eigenvalue weighted by Gasteiger charge is 2.17. The molecule has 0 amide bonds. The SMILES string of the molecule is CC(C)/C(=C/c1c(F)cccc1Cl)[N+](=O)[O-]. The van der Waals surface area contributed by atoms with E-state index in [0.717, 1.165) is 0 Å². The first kappa shape index (κ1) is 12.6. The van der Waals surface area contributed by atoms with E-state index in [1.165, 1.54) is 24.3 Å². The lowest BCUT2D eigenvalue weighted by Gasteiger charge is -2.04. The van der Waals surface area contributed by atoms with Crippen molar-refractivity contribution < 1.29 is 9.31 Å². The number of allylic oxidation sites excluding steroid dienone is 1. The summed E-state index contributed by atoms with van der Waals surface area (Å²) >= 11 is 5.78. The number of hydrogen-bond donors (Lipinski definition) is 0. The van der Waals surface area contributed by atoms with Gasteiger partial charge in [0, 0.05) is 17.6 Å². The number of benzene rings is 1. The molecule has 0 aliphatic rings. The molecule has 0 saturated heterocycles. The van der Waals surface area contributed by atoms with Crippen molar-refractivity contribution in [1.82, 2.24) is 0 Å². The number of nitro groups is 1. The van der Waals surface area contributed by atoms with Crippen molar-refractivity contribution in [2.45, 2.75) is 13.8 Å². The molecule has 0 aliphatic carbocycles. The summed E-state index contributed by atoms with van der Waals surface area (Å²) in [6.07, 6.45) is 1.18. The third-order valence-electron chi connectivity index (χ3n) is 2.09. The standard InChI is InChI=1S/C11H11ClFNO2/c1-7(2)11(14(15)16)6-8-9(12)4-3-5-10(8)13/h3-7H,1-2H3/b11-6-. The zero-order chi connectivity index (χ0) is 12.3. The van der Waals surface area contributed by atoms with Gasteiger partial charge in [-0.15, -0.1) is 0 Å². The average molecular weight is 244 g/mol. The molecule has 0 fully saturated rings. The molecular weight excluding hydrogens is 233 g/mol. The van der Waals surface area contributed by atoms with Gasteiger partial charge >= 0.3 is 0 Å². The van der Waals surface area contributed by atoms with Gasteiger partial charge in [0.25, 0.3) is 0 Å². The van der Waals surface area contributed by atoms with Crippen molar-refractivity contribution >= 4 is 17.7 Å². The minimum Gasteiger partial charge on any atom is -0.259 e. The first-order chi connectivity index (χ1) is 7.43. The fraction of sp³-hybridized carbons (Fsp3) is 0.273. The molecule has 1 aromatic rings. The zero-order valence-electron chi connectivity index (χ0n) is 8.91. The Bertz CT molecular complexity index is 423. The third kappa shape index (κ3) is 2.79. The fourth-order valence-corrected chi connectivity index (χ4v) is 1.44. The monoisotopic (exact) mass is 243 g/mol. The smallest absolute Gasteiger partial charge is 0.249 e. The fourth-order valence-electron chi connectivity index (χ4n) is 1.23. The van der Waals surface area contributed by atoms with Crippen LogP contribution in [-0.2, 0) is 0 Å². The van der Waals surface area contributed by atoms with Crippen molar-refractivity contribution in [3.63, 3.8) is 0 Å². The third-order valence-corrected chi connectivity index (χ3v) is 2.42. The van der Waals surface area contributed by atoms with E-state index in [0.29, 0.717) is 0 Å². The molecule has 0 atom stereocenters. The van der Waals surface area contributed by atoms with Crippen LogP contribution in [0.1, 0.15) is 19.4 Å². The largest absolute Gasteiger partial charge is 0.259 e. The first-order valence-corrected chi connectivity index (χ1v) is 5.11. The highest BCUT2D eigenvalue weighted by atomic mass is 35.5. The lowest BCUT2D eigenvalue weighted by atomic mass is 10.1. The highest BCUT2D eigenvalue weighted by molar-refractivity contribution is 6.32. The second-order valence-electron chi connectivity index (χ2n) is 3.62. The normalized spacial score (nSPS) is 11.9. The minimum absolute atomic E-state index is 0.0598. The summed E-state index contributed by atoms with van der Waals surface area (Å²) in [5.74, 6) is -0.863. The molecule has 0 aliphatic heterocycles. The van der Waals surface area contributed by atoms with Gasteiger partial charge in [-0.2, -0.15) is 0 Å². The maximum Gasteiger partial charge on any atom is 0.249 e. The predicted molar refractivity (Wildman–Crippen MR) is 61.2 cm³/mol. The van der Waals surface area contributed by atoms with Crippen molar-refractivity contribution in [1.29, 1.82) is 0 Å². The van der Waals surface area contributed by atoms with Crippen LogP contribution in [-0.4, -0.2) is 4.92 Å². The Morgan fingerprint density at radius 1 is 1.56 bits per heavy atom. The van der Waals surface area contributed by atoms with Crippen molar-refractivity contribution in [2.24, 2.45) is 5.92 Å². The summed E-state index contributed by atoms with van der Waals surface area (Å²) in [5, 5.41) is 10.9. The summed E-state index contributed by atoms with van der Waals surface area (Å²) < 4.78 is 13.4. The van der Waals surface area contributed by atoms with E-state index < -0.39 is 10.7 Å². The van der Waals surface area contributed by atoms with Crippen molar-refractivity contribution in [3.8, 4) is 0 Å². The molecule has 5 heteroatoms. The van der Waals surface area contributed by atoms with Crippen LogP contribution in [0.25, 0.3) is 6.08 Å². The van der Waals surface area contributed by atoms with Gasteiger partial charge in [0.05, 0.1) is 9.95 Å². The second-order valence-corrected chi connectivity index (χ2v) is 4.02. The maximum atomic E-state index is 13.4. The van der Waals surface area contributed by atoms with Gasteiger partial charge in [-0.1, -0.05) is 31.5 Å². The molecule has 0 bridgehead atoms. The molecule has 1 aromatic carbocycles. The van der Waals surface area contributed by atoms with Crippen molar-refractivity contribution in [2.75, 3.05) is 0 Å². The predicted octanol–water partition coefficient (Wildman–Crippen LogP) is 3.75. The molecule has 0 heterocycles. The van der Waals surface area contributed by atoms with Crippen LogP contribution in [0.5, 0.6) is 0 Å². The van der Waals surface area contributed by atoms with E-state index in [-0.39, 0.29) is 22.2 Å².